The molecule has 0 aliphatic carbocycles. The summed E-state index contributed by atoms with van der Waals surface area (Å²) >= 11 is 0. The molecule has 0 bridgehead atoms. The maximum absolute atomic E-state index is 12.2. The average molecular weight is 366 g/mol. The maximum Gasteiger partial charge on any atom is 0.290 e. The van der Waals surface area contributed by atoms with Gasteiger partial charge in [0, 0.05) is 11.8 Å². The predicted molar refractivity (Wildman–Crippen MR) is 97.1 cm³/mol. The third kappa shape index (κ3) is 4.27. The van der Waals surface area contributed by atoms with Crippen LogP contribution in [0.5, 0.6) is 0 Å². The summed E-state index contributed by atoms with van der Waals surface area (Å²) in [5, 5.41) is 8.23. The van der Waals surface area contributed by atoms with Crippen molar-refractivity contribution in [3.63, 3.8) is 0 Å². The second-order valence-corrected chi connectivity index (χ2v) is 5.89. The quantitative estimate of drug-likeness (QED) is 0.654. The minimum atomic E-state index is -0.638. The van der Waals surface area contributed by atoms with Gasteiger partial charge in [-0.05, 0) is 38.1 Å². The fourth-order valence-corrected chi connectivity index (χ4v) is 2.49. The van der Waals surface area contributed by atoms with Gasteiger partial charge in [0.1, 0.15) is 6.54 Å². The van der Waals surface area contributed by atoms with Crippen molar-refractivity contribution in [2.75, 3.05) is 0 Å². The summed E-state index contributed by atoms with van der Waals surface area (Å²) in [5.74, 6) is -1.08. The number of aryl methyl sites for hydroxylation is 2. The summed E-state index contributed by atoms with van der Waals surface area (Å²) in [6.07, 6.45) is 0. The number of para-hydroxylation sites is 1. The van der Waals surface area contributed by atoms with Crippen LogP contribution in [0.3, 0.4) is 0 Å². The fraction of sp³-hybridized carbons (Fsp3) is 0.167. The normalized spacial score (nSPS) is 10.4. The first kappa shape index (κ1) is 18.1. The molecule has 9 heteroatoms. The lowest BCUT2D eigenvalue weighted by Crippen LogP contribution is -2.44. The van der Waals surface area contributed by atoms with Gasteiger partial charge >= 0.3 is 0 Å². The highest BCUT2D eigenvalue weighted by molar-refractivity contribution is 5.93. The minimum Gasteiger partial charge on any atom is -0.271 e. The lowest BCUT2D eigenvalue weighted by atomic mass is 10.3. The first-order chi connectivity index (χ1) is 12.9. The molecule has 0 fully saturated rings. The molecule has 0 aliphatic rings. The van der Waals surface area contributed by atoms with Crippen LogP contribution in [0, 0.1) is 13.8 Å². The molecule has 0 unspecified atom stereocenters. The average Bonchev–Trinajstić information content (AvgIpc) is 2.97. The highest BCUT2D eigenvalue weighted by Crippen LogP contribution is 2.03. The van der Waals surface area contributed by atoms with Crippen LogP contribution in [0.4, 0.5) is 0 Å². The second kappa shape index (κ2) is 7.65. The molecule has 0 saturated heterocycles. The van der Waals surface area contributed by atoms with Crippen molar-refractivity contribution in [3.8, 4) is 5.69 Å². The molecule has 138 valence electrons. The number of hydrogen-bond acceptors (Lipinski definition) is 5. The van der Waals surface area contributed by atoms with Crippen LogP contribution in [-0.2, 0) is 11.3 Å². The van der Waals surface area contributed by atoms with E-state index in [-0.39, 0.29) is 17.8 Å². The Morgan fingerprint density at radius 1 is 1.00 bits per heavy atom. The van der Waals surface area contributed by atoms with Crippen LogP contribution in [-0.4, -0.2) is 31.4 Å². The van der Waals surface area contributed by atoms with Crippen molar-refractivity contribution >= 4 is 11.8 Å². The molecule has 9 nitrogen and oxygen atoms in total. The van der Waals surface area contributed by atoms with Gasteiger partial charge in [-0.25, -0.2) is 0 Å². The molecule has 3 aromatic rings. The number of hydrazine groups is 1. The third-order valence-electron chi connectivity index (χ3n) is 3.75. The van der Waals surface area contributed by atoms with E-state index in [1.54, 1.807) is 24.3 Å². The van der Waals surface area contributed by atoms with Crippen molar-refractivity contribution in [3.05, 3.63) is 76.0 Å². The fourth-order valence-electron chi connectivity index (χ4n) is 2.49. The zero-order valence-electron chi connectivity index (χ0n) is 14.8. The van der Waals surface area contributed by atoms with Gasteiger partial charge in [-0.1, -0.05) is 18.2 Å². The molecule has 2 aromatic heterocycles. The molecule has 27 heavy (non-hydrogen) atoms. The van der Waals surface area contributed by atoms with Crippen LogP contribution in [0.15, 0.2) is 53.3 Å². The Morgan fingerprint density at radius 2 is 1.74 bits per heavy atom. The lowest BCUT2D eigenvalue weighted by Gasteiger charge is -2.09. The molecule has 2 heterocycles. The number of hydrogen-bond donors (Lipinski definition) is 2. The number of rotatable bonds is 4. The topological polar surface area (TPSA) is 111 Å². The van der Waals surface area contributed by atoms with Gasteiger partial charge in [0.15, 0.2) is 5.69 Å². The number of nitrogens with zero attached hydrogens (tertiary/aromatic N) is 4. The molecular weight excluding hydrogens is 348 g/mol. The molecule has 2 amide bonds. The van der Waals surface area contributed by atoms with Gasteiger partial charge in [0.25, 0.3) is 17.4 Å². The van der Waals surface area contributed by atoms with E-state index >= 15 is 0 Å². The Hall–Kier alpha value is -3.75. The zero-order chi connectivity index (χ0) is 19.4. The van der Waals surface area contributed by atoms with E-state index in [1.807, 2.05) is 26.0 Å². The highest BCUT2D eigenvalue weighted by Gasteiger charge is 2.12. The highest BCUT2D eigenvalue weighted by atomic mass is 16.2. The van der Waals surface area contributed by atoms with E-state index in [0.717, 1.165) is 16.1 Å². The van der Waals surface area contributed by atoms with Crippen molar-refractivity contribution in [1.82, 2.24) is 30.4 Å². The summed E-state index contributed by atoms with van der Waals surface area (Å²) in [6.45, 7) is 3.63. The second-order valence-electron chi connectivity index (χ2n) is 5.89. The summed E-state index contributed by atoms with van der Waals surface area (Å²) in [4.78, 5) is 36.2. The molecule has 3 rings (SSSR count). The van der Waals surface area contributed by atoms with E-state index in [0.29, 0.717) is 5.69 Å². The summed E-state index contributed by atoms with van der Waals surface area (Å²) in [7, 11) is 0. The van der Waals surface area contributed by atoms with Crippen molar-refractivity contribution in [1.29, 1.82) is 0 Å². The summed E-state index contributed by atoms with van der Waals surface area (Å²) < 4.78 is 2.65. The molecule has 0 spiro atoms. The molecule has 0 aliphatic heterocycles. The van der Waals surface area contributed by atoms with Gasteiger partial charge in [0.2, 0.25) is 0 Å². The monoisotopic (exact) mass is 366 g/mol. The summed E-state index contributed by atoms with van der Waals surface area (Å²) in [5.41, 5.74) is 6.39. The van der Waals surface area contributed by atoms with E-state index in [1.165, 1.54) is 16.8 Å². The Labute approximate surface area is 154 Å². The lowest BCUT2D eigenvalue weighted by molar-refractivity contribution is -0.122. The largest absolute Gasteiger partial charge is 0.290 e. The van der Waals surface area contributed by atoms with Gasteiger partial charge in [-0.2, -0.15) is 14.9 Å². The first-order valence-corrected chi connectivity index (χ1v) is 8.20. The number of nitrogens with one attached hydrogen (secondary N) is 2. The Balaban J connectivity index is 1.67. The molecule has 2 N–H and O–H groups in total. The zero-order valence-corrected chi connectivity index (χ0v) is 14.8. The van der Waals surface area contributed by atoms with Crippen LogP contribution in [0.2, 0.25) is 0 Å². The Kier molecular flexibility index (Phi) is 5.11. The molecule has 1 aromatic carbocycles. The standard InChI is InChI=1S/C18H18N6O3/c1-12-10-13(2)23(21-12)11-16(25)19-20-18(27)15-8-9-17(26)24(22-15)14-6-4-3-5-7-14/h3-10H,11H2,1-2H3,(H,19,25)(H,20,27). The maximum atomic E-state index is 12.2. The van der Waals surface area contributed by atoms with E-state index in [9.17, 15) is 14.4 Å². The number of carbonyl (C=O) groups is 2. The predicted octanol–water partition coefficient (Wildman–Crippen LogP) is 0.507. The van der Waals surface area contributed by atoms with Crippen molar-refractivity contribution in [2.24, 2.45) is 0 Å². The number of carbonyl (C=O) groups excluding carboxylic acids is 2. The van der Waals surface area contributed by atoms with E-state index < -0.39 is 11.8 Å². The third-order valence-corrected chi connectivity index (χ3v) is 3.75. The summed E-state index contributed by atoms with van der Waals surface area (Å²) in [6, 6.07) is 13.1. The van der Waals surface area contributed by atoms with Crippen LogP contribution < -0.4 is 16.4 Å². The van der Waals surface area contributed by atoms with Gasteiger partial charge in [0.05, 0.1) is 11.4 Å². The van der Waals surface area contributed by atoms with Crippen molar-refractivity contribution in [2.45, 2.75) is 20.4 Å². The van der Waals surface area contributed by atoms with E-state index in [2.05, 4.69) is 21.0 Å². The number of benzene rings is 1. The number of amides is 2. The van der Waals surface area contributed by atoms with Crippen LogP contribution in [0.1, 0.15) is 21.9 Å². The van der Waals surface area contributed by atoms with Crippen molar-refractivity contribution < 1.29 is 9.59 Å². The molecule has 0 saturated carbocycles. The Bertz CT molecular complexity index is 1040. The van der Waals surface area contributed by atoms with Gasteiger partial charge in [-0.15, -0.1) is 0 Å². The smallest absolute Gasteiger partial charge is 0.271 e. The van der Waals surface area contributed by atoms with Gasteiger partial charge in [-0.3, -0.25) is 29.9 Å². The SMILES string of the molecule is Cc1cc(C)n(CC(=O)NNC(=O)c2ccc(=O)n(-c3ccccc3)n2)n1. The number of aromatic nitrogens is 4. The van der Waals surface area contributed by atoms with Crippen LogP contribution in [0.25, 0.3) is 5.69 Å². The van der Waals surface area contributed by atoms with Gasteiger partial charge < -0.3 is 0 Å². The minimum absolute atomic E-state index is 0.00938. The van der Waals surface area contributed by atoms with E-state index in [4.69, 9.17) is 0 Å². The molecule has 0 atom stereocenters. The molecular formula is C18H18N6O3. The Morgan fingerprint density at radius 3 is 2.41 bits per heavy atom. The molecule has 0 radical (unpaired) electrons. The first-order valence-electron chi connectivity index (χ1n) is 8.20. The van der Waals surface area contributed by atoms with Crippen LogP contribution >= 0.6 is 0 Å².